The number of rotatable bonds is 3. The summed E-state index contributed by atoms with van der Waals surface area (Å²) in [6, 6.07) is 9.06. The Bertz CT molecular complexity index is 884. The van der Waals surface area contributed by atoms with Gasteiger partial charge in [0.05, 0.1) is 5.41 Å². The van der Waals surface area contributed by atoms with Gasteiger partial charge in [-0.25, -0.2) is 4.79 Å². The first-order chi connectivity index (χ1) is 10.6. The fourth-order valence-corrected chi connectivity index (χ4v) is 2.93. The minimum atomic E-state index is -1.04. The number of hydrogen-bond donors (Lipinski definition) is 1. The van der Waals surface area contributed by atoms with E-state index in [1.807, 2.05) is 24.3 Å². The average Bonchev–Trinajstić information content (AvgIpc) is 3.20. The molecule has 6 nitrogen and oxygen atoms in total. The molecule has 0 saturated heterocycles. The van der Waals surface area contributed by atoms with E-state index in [2.05, 4.69) is 15.3 Å². The summed E-state index contributed by atoms with van der Waals surface area (Å²) in [6.07, 6.45) is 3.31. The Morgan fingerprint density at radius 2 is 1.91 bits per heavy atom. The zero-order valence-corrected chi connectivity index (χ0v) is 12.2. The number of carboxylic acid groups (broad SMARTS) is 1. The molecule has 0 radical (unpaired) electrons. The van der Waals surface area contributed by atoms with Crippen LogP contribution in [0.3, 0.4) is 0 Å². The van der Waals surface area contributed by atoms with Crippen molar-refractivity contribution in [1.82, 2.24) is 19.8 Å². The summed E-state index contributed by atoms with van der Waals surface area (Å²) in [7, 11) is 0. The fourth-order valence-electron chi connectivity index (χ4n) is 2.81. The van der Waals surface area contributed by atoms with Crippen molar-refractivity contribution in [3.05, 3.63) is 58.5 Å². The molecule has 4 rings (SSSR count). The molecular weight excluding hydrogens is 304 g/mol. The van der Waals surface area contributed by atoms with Crippen molar-refractivity contribution >= 4 is 23.2 Å². The van der Waals surface area contributed by atoms with Gasteiger partial charge in [-0.15, -0.1) is 10.2 Å². The Kier molecular flexibility index (Phi) is 2.71. The Balaban J connectivity index is 1.90. The van der Waals surface area contributed by atoms with Crippen molar-refractivity contribution in [3.8, 4) is 0 Å². The average molecular weight is 315 g/mol. The second kappa shape index (κ2) is 4.51. The predicted octanol–water partition coefficient (Wildman–Crippen LogP) is 2.56. The maximum Gasteiger partial charge on any atom is 0.339 e. The SMILES string of the molecule is O=C(O)c1ccnn2c(C3(c4ccc(Cl)cc4)CC3)nnc12. The molecule has 1 aromatic carbocycles. The molecular formula is C15H11ClN4O2. The number of carbonyl (C=O) groups is 1. The zero-order valence-electron chi connectivity index (χ0n) is 11.4. The van der Waals surface area contributed by atoms with Crippen LogP contribution in [-0.4, -0.2) is 30.9 Å². The third kappa shape index (κ3) is 1.80. The normalized spacial score (nSPS) is 15.9. The molecule has 1 N–H and O–H groups in total. The molecule has 1 fully saturated rings. The van der Waals surface area contributed by atoms with Crippen molar-refractivity contribution in [2.45, 2.75) is 18.3 Å². The van der Waals surface area contributed by atoms with Gasteiger partial charge in [0.1, 0.15) is 5.56 Å². The van der Waals surface area contributed by atoms with Crippen molar-refractivity contribution in [1.29, 1.82) is 0 Å². The molecule has 0 atom stereocenters. The second-order valence-corrected chi connectivity index (χ2v) is 5.83. The molecule has 2 heterocycles. The molecule has 1 aliphatic carbocycles. The third-order valence-electron chi connectivity index (χ3n) is 4.11. The van der Waals surface area contributed by atoms with Crippen molar-refractivity contribution < 1.29 is 9.90 Å². The van der Waals surface area contributed by atoms with E-state index in [1.165, 1.54) is 16.8 Å². The third-order valence-corrected chi connectivity index (χ3v) is 4.36. The van der Waals surface area contributed by atoms with Crippen molar-refractivity contribution in [2.75, 3.05) is 0 Å². The van der Waals surface area contributed by atoms with Crippen LogP contribution in [-0.2, 0) is 5.41 Å². The van der Waals surface area contributed by atoms with E-state index < -0.39 is 5.97 Å². The lowest BCUT2D eigenvalue weighted by atomic mass is 9.95. The quantitative estimate of drug-likeness (QED) is 0.803. The largest absolute Gasteiger partial charge is 0.478 e. The number of fused-ring (bicyclic) bond motifs is 1. The molecule has 1 saturated carbocycles. The van der Waals surface area contributed by atoms with Crippen LogP contribution in [0, 0.1) is 0 Å². The summed E-state index contributed by atoms with van der Waals surface area (Å²) >= 11 is 5.95. The molecule has 0 amide bonds. The molecule has 7 heteroatoms. The van der Waals surface area contributed by atoms with Gasteiger partial charge in [-0.3, -0.25) is 0 Å². The lowest BCUT2D eigenvalue weighted by Gasteiger charge is -2.13. The Labute approximate surface area is 130 Å². The Hall–Kier alpha value is -2.47. The topological polar surface area (TPSA) is 80.4 Å². The second-order valence-electron chi connectivity index (χ2n) is 5.40. The molecule has 0 spiro atoms. The van der Waals surface area contributed by atoms with Crippen LogP contribution in [0.4, 0.5) is 0 Å². The van der Waals surface area contributed by atoms with E-state index >= 15 is 0 Å². The van der Waals surface area contributed by atoms with Gasteiger partial charge in [0.15, 0.2) is 11.5 Å². The molecule has 3 aromatic rings. The first-order valence-electron chi connectivity index (χ1n) is 6.82. The van der Waals surface area contributed by atoms with Crippen LogP contribution in [0.5, 0.6) is 0 Å². The lowest BCUT2D eigenvalue weighted by Crippen LogP contribution is -2.15. The zero-order chi connectivity index (χ0) is 15.3. The molecule has 1 aliphatic rings. The summed E-state index contributed by atoms with van der Waals surface area (Å²) in [6.45, 7) is 0. The summed E-state index contributed by atoms with van der Waals surface area (Å²) in [4.78, 5) is 11.3. The van der Waals surface area contributed by atoms with Gasteiger partial charge in [0.25, 0.3) is 0 Å². The fraction of sp³-hybridized carbons (Fsp3) is 0.200. The van der Waals surface area contributed by atoms with Gasteiger partial charge < -0.3 is 5.11 Å². The molecule has 110 valence electrons. The Morgan fingerprint density at radius 1 is 1.18 bits per heavy atom. The van der Waals surface area contributed by atoms with Gasteiger partial charge >= 0.3 is 5.97 Å². The number of halogens is 1. The maximum atomic E-state index is 11.3. The van der Waals surface area contributed by atoms with Crippen LogP contribution < -0.4 is 0 Å². The van der Waals surface area contributed by atoms with Crippen LogP contribution in [0.1, 0.15) is 34.6 Å². The van der Waals surface area contributed by atoms with Gasteiger partial charge in [0, 0.05) is 11.2 Å². The van der Waals surface area contributed by atoms with E-state index in [1.54, 1.807) is 0 Å². The summed E-state index contributed by atoms with van der Waals surface area (Å²) in [5, 5.41) is 22.4. The van der Waals surface area contributed by atoms with E-state index in [9.17, 15) is 9.90 Å². The first kappa shape index (κ1) is 13.2. The smallest absolute Gasteiger partial charge is 0.339 e. The molecule has 0 unspecified atom stereocenters. The highest BCUT2D eigenvalue weighted by Crippen LogP contribution is 2.52. The maximum absolute atomic E-state index is 11.3. The van der Waals surface area contributed by atoms with E-state index in [4.69, 9.17) is 11.6 Å². The van der Waals surface area contributed by atoms with Crippen LogP contribution in [0.25, 0.3) is 5.65 Å². The van der Waals surface area contributed by atoms with Gasteiger partial charge in [0.2, 0.25) is 0 Å². The number of carboxylic acids is 1. The van der Waals surface area contributed by atoms with Crippen LogP contribution in [0.2, 0.25) is 5.02 Å². The lowest BCUT2D eigenvalue weighted by molar-refractivity contribution is 0.0698. The van der Waals surface area contributed by atoms with E-state index in [-0.39, 0.29) is 16.6 Å². The number of hydrogen-bond acceptors (Lipinski definition) is 4. The van der Waals surface area contributed by atoms with Gasteiger partial charge in [-0.2, -0.15) is 9.61 Å². The molecule has 0 aliphatic heterocycles. The highest BCUT2D eigenvalue weighted by molar-refractivity contribution is 6.30. The molecule has 0 bridgehead atoms. The minimum Gasteiger partial charge on any atom is -0.478 e. The predicted molar refractivity (Wildman–Crippen MR) is 79.2 cm³/mol. The number of benzene rings is 1. The number of aromatic carboxylic acids is 1. The summed E-state index contributed by atoms with van der Waals surface area (Å²) in [5.41, 5.74) is 1.20. The standard InChI is InChI=1S/C15H11ClN4O2/c16-10-3-1-9(2-4-10)15(6-7-15)14-19-18-12-11(13(21)22)5-8-17-20(12)14/h1-5,8H,6-7H2,(H,21,22). The van der Waals surface area contributed by atoms with Crippen molar-refractivity contribution in [2.24, 2.45) is 0 Å². The Morgan fingerprint density at radius 3 is 2.55 bits per heavy atom. The molecule has 2 aromatic heterocycles. The van der Waals surface area contributed by atoms with Crippen LogP contribution >= 0.6 is 11.6 Å². The van der Waals surface area contributed by atoms with E-state index in [0.29, 0.717) is 10.8 Å². The number of aromatic nitrogens is 4. The van der Waals surface area contributed by atoms with Crippen molar-refractivity contribution in [3.63, 3.8) is 0 Å². The first-order valence-corrected chi connectivity index (χ1v) is 7.20. The number of nitrogens with zero attached hydrogens (tertiary/aromatic N) is 4. The monoisotopic (exact) mass is 314 g/mol. The minimum absolute atomic E-state index is 0.0978. The van der Waals surface area contributed by atoms with E-state index in [0.717, 1.165) is 18.4 Å². The molecule has 22 heavy (non-hydrogen) atoms. The van der Waals surface area contributed by atoms with Gasteiger partial charge in [-0.1, -0.05) is 23.7 Å². The highest BCUT2D eigenvalue weighted by atomic mass is 35.5. The van der Waals surface area contributed by atoms with Gasteiger partial charge in [-0.05, 0) is 36.6 Å². The highest BCUT2D eigenvalue weighted by Gasteiger charge is 2.50. The summed E-state index contributed by atoms with van der Waals surface area (Å²) in [5.74, 6) is -0.365. The van der Waals surface area contributed by atoms with Crippen LogP contribution in [0.15, 0.2) is 36.5 Å². The summed E-state index contributed by atoms with van der Waals surface area (Å²) < 4.78 is 1.53.